The normalized spacial score (nSPS) is 17.9. The highest BCUT2D eigenvalue weighted by Crippen LogP contribution is 2.29. The molecule has 0 N–H and O–H groups in total. The Bertz CT molecular complexity index is 389. The van der Waals surface area contributed by atoms with Gasteiger partial charge in [-0.05, 0) is 25.0 Å². The van der Waals surface area contributed by atoms with Crippen LogP contribution in [0.5, 0.6) is 5.75 Å². The SMILES string of the molecule is COc1cccc(Br)c1CN1CCC(OC)CC1. The van der Waals surface area contributed by atoms with Gasteiger partial charge in [0.05, 0.1) is 13.2 Å². The minimum Gasteiger partial charge on any atom is -0.496 e. The third-order valence-corrected chi connectivity index (χ3v) is 4.29. The Kier molecular flexibility index (Phi) is 5.03. The largest absolute Gasteiger partial charge is 0.496 e. The van der Waals surface area contributed by atoms with Crippen LogP contribution in [0.25, 0.3) is 0 Å². The van der Waals surface area contributed by atoms with Crippen molar-refractivity contribution in [2.45, 2.75) is 25.5 Å². The molecule has 0 radical (unpaired) electrons. The zero-order valence-electron chi connectivity index (χ0n) is 11.0. The van der Waals surface area contributed by atoms with Crippen molar-refractivity contribution in [3.63, 3.8) is 0 Å². The van der Waals surface area contributed by atoms with Gasteiger partial charge in [-0.2, -0.15) is 0 Å². The number of methoxy groups -OCH3 is 2. The molecule has 18 heavy (non-hydrogen) atoms. The van der Waals surface area contributed by atoms with E-state index < -0.39 is 0 Å². The molecule has 0 aliphatic carbocycles. The summed E-state index contributed by atoms with van der Waals surface area (Å²) in [5.74, 6) is 0.957. The fraction of sp³-hybridized carbons (Fsp3) is 0.571. The van der Waals surface area contributed by atoms with Crippen LogP contribution in [0, 0.1) is 0 Å². The smallest absolute Gasteiger partial charge is 0.124 e. The van der Waals surface area contributed by atoms with E-state index in [-0.39, 0.29) is 0 Å². The second-order valence-electron chi connectivity index (χ2n) is 4.63. The number of rotatable bonds is 4. The number of benzene rings is 1. The minimum absolute atomic E-state index is 0.433. The average molecular weight is 314 g/mol. The quantitative estimate of drug-likeness (QED) is 0.852. The average Bonchev–Trinajstić information content (AvgIpc) is 2.42. The summed E-state index contributed by atoms with van der Waals surface area (Å²) in [5.41, 5.74) is 1.23. The molecular formula is C14H20BrNO2. The molecule has 100 valence electrons. The second kappa shape index (κ2) is 6.55. The van der Waals surface area contributed by atoms with Crippen molar-refractivity contribution in [1.29, 1.82) is 0 Å². The molecule has 1 aliphatic heterocycles. The molecule has 1 saturated heterocycles. The molecule has 0 bridgehead atoms. The van der Waals surface area contributed by atoms with Gasteiger partial charge in [-0.1, -0.05) is 22.0 Å². The van der Waals surface area contributed by atoms with Gasteiger partial charge in [0, 0.05) is 36.8 Å². The van der Waals surface area contributed by atoms with Crippen LogP contribution in [0.2, 0.25) is 0 Å². The van der Waals surface area contributed by atoms with E-state index in [2.05, 4.69) is 26.9 Å². The summed E-state index contributed by atoms with van der Waals surface area (Å²) < 4.78 is 11.9. The summed E-state index contributed by atoms with van der Waals surface area (Å²) >= 11 is 3.61. The first kappa shape index (κ1) is 13.8. The van der Waals surface area contributed by atoms with Crippen molar-refractivity contribution >= 4 is 15.9 Å². The molecule has 4 heteroatoms. The van der Waals surface area contributed by atoms with E-state index in [1.54, 1.807) is 14.2 Å². The summed E-state index contributed by atoms with van der Waals surface area (Å²) in [4.78, 5) is 2.46. The van der Waals surface area contributed by atoms with E-state index in [1.165, 1.54) is 5.56 Å². The number of halogens is 1. The molecule has 0 aromatic heterocycles. The highest BCUT2D eigenvalue weighted by molar-refractivity contribution is 9.10. The Morgan fingerprint density at radius 2 is 2.00 bits per heavy atom. The van der Waals surface area contributed by atoms with Gasteiger partial charge in [-0.15, -0.1) is 0 Å². The molecule has 1 aromatic carbocycles. The van der Waals surface area contributed by atoms with Crippen LogP contribution in [0.3, 0.4) is 0 Å². The zero-order chi connectivity index (χ0) is 13.0. The fourth-order valence-electron chi connectivity index (χ4n) is 2.41. The molecule has 0 spiro atoms. The Balaban J connectivity index is 2.02. The van der Waals surface area contributed by atoms with Crippen molar-refractivity contribution in [2.24, 2.45) is 0 Å². The van der Waals surface area contributed by atoms with Gasteiger partial charge < -0.3 is 9.47 Å². The summed E-state index contributed by atoms with van der Waals surface area (Å²) in [6.07, 6.45) is 2.66. The maximum Gasteiger partial charge on any atom is 0.124 e. The van der Waals surface area contributed by atoms with E-state index in [0.717, 1.165) is 42.7 Å². The first-order valence-electron chi connectivity index (χ1n) is 6.31. The highest BCUT2D eigenvalue weighted by Gasteiger charge is 2.20. The van der Waals surface area contributed by atoms with E-state index in [0.29, 0.717) is 6.10 Å². The van der Waals surface area contributed by atoms with Gasteiger partial charge in [0.25, 0.3) is 0 Å². The van der Waals surface area contributed by atoms with Gasteiger partial charge in [0.1, 0.15) is 5.75 Å². The van der Waals surface area contributed by atoms with Gasteiger partial charge >= 0.3 is 0 Å². The Hall–Kier alpha value is -0.580. The van der Waals surface area contributed by atoms with Crippen molar-refractivity contribution < 1.29 is 9.47 Å². The number of piperidine rings is 1. The van der Waals surface area contributed by atoms with Crippen LogP contribution >= 0.6 is 15.9 Å². The summed E-state index contributed by atoms with van der Waals surface area (Å²) in [6.45, 7) is 3.10. The summed E-state index contributed by atoms with van der Waals surface area (Å²) in [7, 11) is 3.53. The van der Waals surface area contributed by atoms with E-state index in [1.807, 2.05) is 12.1 Å². The lowest BCUT2D eigenvalue weighted by Crippen LogP contribution is -2.36. The number of hydrogen-bond donors (Lipinski definition) is 0. The fourth-order valence-corrected chi connectivity index (χ4v) is 2.88. The Morgan fingerprint density at radius 1 is 1.28 bits per heavy atom. The van der Waals surface area contributed by atoms with Crippen molar-refractivity contribution in [3.8, 4) is 5.75 Å². The molecule has 0 unspecified atom stereocenters. The molecule has 1 aromatic rings. The van der Waals surface area contributed by atoms with Crippen LogP contribution in [-0.4, -0.2) is 38.3 Å². The van der Waals surface area contributed by atoms with Gasteiger partial charge in [0.2, 0.25) is 0 Å². The third-order valence-electron chi connectivity index (χ3n) is 3.55. The molecule has 0 amide bonds. The molecular weight excluding hydrogens is 294 g/mol. The maximum atomic E-state index is 5.43. The first-order valence-corrected chi connectivity index (χ1v) is 7.10. The van der Waals surface area contributed by atoms with Gasteiger partial charge in [-0.25, -0.2) is 0 Å². The number of likely N-dealkylation sites (tertiary alicyclic amines) is 1. The highest BCUT2D eigenvalue weighted by atomic mass is 79.9. The Morgan fingerprint density at radius 3 is 2.61 bits per heavy atom. The lowest BCUT2D eigenvalue weighted by molar-refractivity contribution is 0.0386. The molecule has 0 atom stereocenters. The van der Waals surface area contributed by atoms with E-state index in [9.17, 15) is 0 Å². The topological polar surface area (TPSA) is 21.7 Å². The van der Waals surface area contributed by atoms with Crippen LogP contribution in [0.15, 0.2) is 22.7 Å². The number of ether oxygens (including phenoxy) is 2. The molecule has 3 nitrogen and oxygen atoms in total. The lowest BCUT2D eigenvalue weighted by Gasteiger charge is -2.31. The molecule has 0 saturated carbocycles. The number of nitrogens with zero attached hydrogens (tertiary/aromatic N) is 1. The first-order chi connectivity index (χ1) is 8.74. The third kappa shape index (κ3) is 3.25. The van der Waals surface area contributed by atoms with Crippen LogP contribution < -0.4 is 4.74 Å². The summed E-state index contributed by atoms with van der Waals surface area (Å²) in [6, 6.07) is 6.09. The molecule has 1 heterocycles. The monoisotopic (exact) mass is 313 g/mol. The zero-order valence-corrected chi connectivity index (χ0v) is 12.6. The molecule has 1 aliphatic rings. The molecule has 2 rings (SSSR count). The Labute approximate surface area is 117 Å². The maximum absolute atomic E-state index is 5.43. The minimum atomic E-state index is 0.433. The second-order valence-corrected chi connectivity index (χ2v) is 5.49. The summed E-state index contributed by atoms with van der Waals surface area (Å²) in [5, 5.41) is 0. The lowest BCUT2D eigenvalue weighted by atomic mass is 10.1. The number of hydrogen-bond acceptors (Lipinski definition) is 3. The van der Waals surface area contributed by atoms with E-state index >= 15 is 0 Å². The van der Waals surface area contributed by atoms with Crippen molar-refractivity contribution in [1.82, 2.24) is 4.90 Å². The van der Waals surface area contributed by atoms with Gasteiger partial charge in [0.15, 0.2) is 0 Å². The predicted molar refractivity (Wildman–Crippen MR) is 76.0 cm³/mol. The van der Waals surface area contributed by atoms with Crippen LogP contribution in [-0.2, 0) is 11.3 Å². The standard InChI is InChI=1S/C14H20BrNO2/c1-17-11-6-8-16(9-7-11)10-12-13(15)4-3-5-14(12)18-2/h3-5,11H,6-10H2,1-2H3. The van der Waals surface area contributed by atoms with Crippen LogP contribution in [0.1, 0.15) is 18.4 Å². The van der Waals surface area contributed by atoms with Gasteiger partial charge in [-0.3, -0.25) is 4.90 Å². The predicted octanol–water partition coefficient (Wildman–Crippen LogP) is 3.07. The van der Waals surface area contributed by atoms with Crippen molar-refractivity contribution in [2.75, 3.05) is 27.3 Å². The van der Waals surface area contributed by atoms with Crippen LogP contribution in [0.4, 0.5) is 0 Å². The van der Waals surface area contributed by atoms with E-state index in [4.69, 9.17) is 9.47 Å². The molecule has 1 fully saturated rings. The van der Waals surface area contributed by atoms with Crippen molar-refractivity contribution in [3.05, 3.63) is 28.2 Å².